The van der Waals surface area contributed by atoms with Crippen LogP contribution in [0.3, 0.4) is 0 Å². The molecule has 0 radical (unpaired) electrons. The average molecular weight is 350 g/mol. The molecule has 0 heterocycles. The summed E-state index contributed by atoms with van der Waals surface area (Å²) in [6.45, 7) is 0.322. The SMILES string of the molecule is COC(=O)NS(=O)(=O)NCCCCCI. The smallest absolute Gasteiger partial charge is 0.421 e. The molecule has 0 aliphatic carbocycles. The number of hydrogen-bond donors (Lipinski definition) is 2. The van der Waals surface area contributed by atoms with Gasteiger partial charge in [-0.15, -0.1) is 0 Å². The zero-order valence-corrected chi connectivity index (χ0v) is 11.4. The zero-order valence-electron chi connectivity index (χ0n) is 8.45. The molecule has 8 heteroatoms. The van der Waals surface area contributed by atoms with E-state index in [1.807, 2.05) is 0 Å². The molecule has 0 bridgehead atoms. The average Bonchev–Trinajstić information content (AvgIpc) is 2.16. The van der Waals surface area contributed by atoms with E-state index in [1.165, 1.54) is 0 Å². The van der Waals surface area contributed by atoms with Gasteiger partial charge in [0, 0.05) is 6.54 Å². The Morgan fingerprint density at radius 3 is 2.53 bits per heavy atom. The largest absolute Gasteiger partial charge is 0.452 e. The molecule has 0 rings (SSSR count). The lowest BCUT2D eigenvalue weighted by molar-refractivity contribution is 0.177. The van der Waals surface area contributed by atoms with Gasteiger partial charge in [0.15, 0.2) is 0 Å². The Labute approximate surface area is 103 Å². The first-order chi connectivity index (χ1) is 7.02. The lowest BCUT2D eigenvalue weighted by Gasteiger charge is -2.06. The molecule has 2 N–H and O–H groups in total. The summed E-state index contributed by atoms with van der Waals surface area (Å²) in [5.74, 6) is 0. The van der Waals surface area contributed by atoms with Crippen molar-refractivity contribution in [2.24, 2.45) is 0 Å². The van der Waals surface area contributed by atoms with Gasteiger partial charge < -0.3 is 4.74 Å². The summed E-state index contributed by atoms with van der Waals surface area (Å²) < 4.78 is 31.4. The molecule has 0 aromatic carbocycles. The normalized spacial score (nSPS) is 11.1. The van der Waals surface area contributed by atoms with Crippen LogP contribution in [0.15, 0.2) is 0 Å². The zero-order chi connectivity index (χ0) is 11.7. The predicted molar refractivity (Wildman–Crippen MR) is 65.2 cm³/mol. The van der Waals surface area contributed by atoms with Gasteiger partial charge in [-0.1, -0.05) is 29.0 Å². The van der Waals surface area contributed by atoms with Crippen molar-refractivity contribution in [3.05, 3.63) is 0 Å². The Morgan fingerprint density at radius 2 is 2.00 bits per heavy atom. The predicted octanol–water partition coefficient (Wildman–Crippen LogP) is 0.782. The molecule has 0 saturated carbocycles. The Hall–Kier alpha value is -0.0900. The Morgan fingerprint density at radius 1 is 1.33 bits per heavy atom. The third kappa shape index (κ3) is 8.88. The van der Waals surface area contributed by atoms with Crippen molar-refractivity contribution in [1.29, 1.82) is 0 Å². The maximum absolute atomic E-state index is 11.1. The molecule has 0 unspecified atom stereocenters. The first-order valence-corrected chi connectivity index (χ1v) is 7.44. The van der Waals surface area contributed by atoms with E-state index in [4.69, 9.17) is 0 Å². The highest BCUT2D eigenvalue weighted by atomic mass is 127. The number of rotatable bonds is 7. The van der Waals surface area contributed by atoms with Crippen LogP contribution in [-0.2, 0) is 14.9 Å². The summed E-state index contributed by atoms with van der Waals surface area (Å²) >= 11 is 2.26. The summed E-state index contributed by atoms with van der Waals surface area (Å²) in [5.41, 5.74) is 0. The number of methoxy groups -OCH3 is 1. The van der Waals surface area contributed by atoms with E-state index in [0.717, 1.165) is 30.8 Å². The number of amides is 1. The number of carbonyl (C=O) groups is 1. The highest BCUT2D eigenvalue weighted by molar-refractivity contribution is 14.1. The topological polar surface area (TPSA) is 84.5 Å². The van der Waals surface area contributed by atoms with E-state index >= 15 is 0 Å². The molecule has 0 saturated heterocycles. The molecular formula is C7H15IN2O4S. The number of unbranched alkanes of at least 4 members (excludes halogenated alkanes) is 2. The second-order valence-corrected chi connectivity index (χ2v) is 5.32. The van der Waals surface area contributed by atoms with Crippen LogP contribution in [0.25, 0.3) is 0 Å². The number of carbonyl (C=O) groups excluding carboxylic acids is 1. The fourth-order valence-electron chi connectivity index (χ4n) is 0.790. The highest BCUT2D eigenvalue weighted by Crippen LogP contribution is 1.97. The molecule has 90 valence electrons. The van der Waals surface area contributed by atoms with Crippen molar-refractivity contribution in [2.75, 3.05) is 18.1 Å². The minimum absolute atomic E-state index is 0.322. The van der Waals surface area contributed by atoms with E-state index in [9.17, 15) is 13.2 Å². The van der Waals surface area contributed by atoms with Crippen molar-refractivity contribution < 1.29 is 17.9 Å². The molecule has 15 heavy (non-hydrogen) atoms. The van der Waals surface area contributed by atoms with Gasteiger partial charge in [0.1, 0.15) is 0 Å². The van der Waals surface area contributed by atoms with Crippen LogP contribution < -0.4 is 9.44 Å². The summed E-state index contributed by atoms with van der Waals surface area (Å²) in [5, 5.41) is 0. The molecule has 0 spiro atoms. The van der Waals surface area contributed by atoms with Crippen LogP contribution in [0, 0.1) is 0 Å². The van der Waals surface area contributed by atoms with E-state index in [0.29, 0.717) is 6.54 Å². The minimum atomic E-state index is -3.76. The molecule has 0 atom stereocenters. The van der Waals surface area contributed by atoms with Crippen LogP contribution in [0.1, 0.15) is 19.3 Å². The van der Waals surface area contributed by atoms with Crippen molar-refractivity contribution in [3.8, 4) is 0 Å². The number of ether oxygens (including phenoxy) is 1. The first kappa shape index (κ1) is 14.9. The van der Waals surface area contributed by atoms with E-state index < -0.39 is 16.3 Å². The number of alkyl halides is 1. The van der Waals surface area contributed by atoms with Crippen molar-refractivity contribution in [1.82, 2.24) is 9.44 Å². The highest BCUT2D eigenvalue weighted by Gasteiger charge is 2.12. The number of nitrogens with one attached hydrogen (secondary N) is 2. The molecule has 6 nitrogen and oxygen atoms in total. The maximum Gasteiger partial charge on any atom is 0.421 e. The molecule has 0 fully saturated rings. The van der Waals surface area contributed by atoms with Gasteiger partial charge in [0.2, 0.25) is 0 Å². The lowest BCUT2D eigenvalue weighted by Crippen LogP contribution is -2.40. The van der Waals surface area contributed by atoms with E-state index in [2.05, 4.69) is 32.0 Å². The quantitative estimate of drug-likeness (QED) is 0.404. The van der Waals surface area contributed by atoms with Crippen molar-refractivity contribution >= 4 is 38.9 Å². The fourth-order valence-corrected chi connectivity index (χ4v) is 2.12. The second-order valence-electron chi connectivity index (χ2n) is 2.74. The summed E-state index contributed by atoms with van der Waals surface area (Å²) in [7, 11) is -2.65. The fraction of sp³-hybridized carbons (Fsp3) is 0.857. The van der Waals surface area contributed by atoms with Gasteiger partial charge in [-0.25, -0.2) is 9.52 Å². The molecular weight excluding hydrogens is 335 g/mol. The first-order valence-electron chi connectivity index (χ1n) is 4.43. The van der Waals surface area contributed by atoms with Crippen molar-refractivity contribution in [2.45, 2.75) is 19.3 Å². The summed E-state index contributed by atoms with van der Waals surface area (Å²) in [6.07, 6.45) is 1.79. The minimum Gasteiger partial charge on any atom is -0.452 e. The molecule has 0 aromatic heterocycles. The third-order valence-electron chi connectivity index (χ3n) is 1.51. The molecule has 0 aromatic rings. The number of hydrogen-bond acceptors (Lipinski definition) is 4. The van der Waals surface area contributed by atoms with Gasteiger partial charge in [0.25, 0.3) is 0 Å². The van der Waals surface area contributed by atoms with Crippen LogP contribution in [-0.4, -0.2) is 32.6 Å². The molecule has 0 aliphatic heterocycles. The number of halogens is 1. The van der Waals surface area contributed by atoms with Gasteiger partial charge in [-0.05, 0) is 17.3 Å². The standard InChI is InChI=1S/C7H15IN2O4S/c1-14-7(11)10-15(12,13)9-6-4-2-3-5-8/h9H,2-6H2,1H3,(H,10,11). The Bertz CT molecular complexity index is 281. The maximum atomic E-state index is 11.1. The van der Waals surface area contributed by atoms with E-state index in [-0.39, 0.29) is 0 Å². The Kier molecular flexibility index (Phi) is 8.06. The Balaban J connectivity index is 3.70. The molecule has 1 amide bonds. The van der Waals surface area contributed by atoms with Gasteiger partial charge in [0.05, 0.1) is 7.11 Å². The van der Waals surface area contributed by atoms with Crippen LogP contribution >= 0.6 is 22.6 Å². The summed E-state index contributed by atoms with van der Waals surface area (Å²) in [6, 6.07) is 0. The summed E-state index contributed by atoms with van der Waals surface area (Å²) in [4.78, 5) is 10.6. The second kappa shape index (κ2) is 8.11. The van der Waals surface area contributed by atoms with Gasteiger partial charge in [-0.3, -0.25) is 0 Å². The monoisotopic (exact) mass is 350 g/mol. The van der Waals surface area contributed by atoms with Crippen LogP contribution in [0.4, 0.5) is 4.79 Å². The van der Waals surface area contributed by atoms with Gasteiger partial charge >= 0.3 is 16.3 Å². The third-order valence-corrected chi connectivity index (χ3v) is 3.29. The van der Waals surface area contributed by atoms with E-state index in [1.54, 1.807) is 4.72 Å². The lowest BCUT2D eigenvalue weighted by atomic mass is 10.3. The van der Waals surface area contributed by atoms with Crippen LogP contribution in [0.2, 0.25) is 0 Å². The van der Waals surface area contributed by atoms with Gasteiger partial charge in [-0.2, -0.15) is 13.1 Å². The van der Waals surface area contributed by atoms with Crippen LogP contribution in [0.5, 0.6) is 0 Å². The van der Waals surface area contributed by atoms with Crippen molar-refractivity contribution in [3.63, 3.8) is 0 Å². The molecule has 0 aliphatic rings.